The molecular weight excluding hydrogens is 451 g/mol. The SMILES string of the molecule is NC(=O)C12C(=O)CN(S(=O)(=O)Cc3cccnc3)C1CCN2C(=O)[CH]Cc1ccc(F)cc1. The summed E-state index contributed by atoms with van der Waals surface area (Å²) in [5.41, 5.74) is 4.67. The van der Waals surface area contributed by atoms with Gasteiger partial charge in [0.1, 0.15) is 5.82 Å². The number of carbonyl (C=O) groups excluding carboxylic acids is 3. The summed E-state index contributed by atoms with van der Waals surface area (Å²) in [6.07, 6.45) is 4.44. The van der Waals surface area contributed by atoms with Crippen LogP contribution >= 0.6 is 0 Å². The van der Waals surface area contributed by atoms with E-state index in [-0.39, 0.29) is 19.4 Å². The highest BCUT2D eigenvalue weighted by molar-refractivity contribution is 7.88. The van der Waals surface area contributed by atoms with Crippen molar-refractivity contribution in [2.45, 2.75) is 30.2 Å². The largest absolute Gasteiger partial charge is 0.367 e. The number of aromatic nitrogens is 1. The molecule has 1 aromatic heterocycles. The monoisotopic (exact) mass is 473 g/mol. The van der Waals surface area contributed by atoms with Crippen molar-refractivity contribution in [2.24, 2.45) is 5.73 Å². The van der Waals surface area contributed by atoms with Crippen LogP contribution in [-0.2, 0) is 36.6 Å². The number of amides is 2. The average Bonchev–Trinajstić information content (AvgIpc) is 3.31. The first-order valence-electron chi connectivity index (χ1n) is 10.3. The average molecular weight is 474 g/mol. The van der Waals surface area contributed by atoms with Gasteiger partial charge in [0, 0.05) is 18.9 Å². The molecule has 0 spiro atoms. The molecule has 1 radical (unpaired) electrons. The number of rotatable bonds is 7. The highest BCUT2D eigenvalue weighted by atomic mass is 32.2. The highest BCUT2D eigenvalue weighted by Crippen LogP contribution is 2.41. The molecule has 1 aromatic carbocycles. The van der Waals surface area contributed by atoms with Gasteiger partial charge in [0.05, 0.1) is 24.8 Å². The van der Waals surface area contributed by atoms with Gasteiger partial charge >= 0.3 is 0 Å². The molecule has 2 unspecified atom stereocenters. The number of carbonyl (C=O) groups is 3. The van der Waals surface area contributed by atoms with Crippen molar-refractivity contribution in [1.82, 2.24) is 14.2 Å². The number of primary amides is 1. The molecule has 2 atom stereocenters. The summed E-state index contributed by atoms with van der Waals surface area (Å²) in [6.45, 7) is -0.547. The number of Topliss-reactive ketones (excluding diaryl/α,β-unsaturated/α-hetero) is 1. The van der Waals surface area contributed by atoms with E-state index in [1.807, 2.05) is 0 Å². The van der Waals surface area contributed by atoms with E-state index in [1.54, 1.807) is 12.1 Å². The maximum absolute atomic E-state index is 13.1. The second-order valence-corrected chi connectivity index (χ2v) is 9.97. The predicted octanol–water partition coefficient (Wildman–Crippen LogP) is 0.207. The van der Waals surface area contributed by atoms with Crippen molar-refractivity contribution in [1.29, 1.82) is 0 Å². The molecule has 4 rings (SSSR count). The Hall–Kier alpha value is -3.18. The van der Waals surface area contributed by atoms with Gasteiger partial charge in [-0.3, -0.25) is 19.4 Å². The van der Waals surface area contributed by atoms with E-state index >= 15 is 0 Å². The standard InChI is InChI=1S/C22H22FN4O5S/c23-17-6-3-15(4-7-17)5-8-20(29)26-11-9-18-22(26,21(24)30)19(28)13-27(18)33(31,32)14-16-2-1-10-25-12-16/h1-4,6-8,10,12,18H,5,9,11,13-14H2,(H2,24,30). The summed E-state index contributed by atoms with van der Waals surface area (Å²) >= 11 is 0. The third-order valence-electron chi connectivity index (χ3n) is 6.10. The van der Waals surface area contributed by atoms with Crippen LogP contribution in [0.5, 0.6) is 0 Å². The van der Waals surface area contributed by atoms with Gasteiger partial charge < -0.3 is 10.6 Å². The first-order chi connectivity index (χ1) is 15.7. The third kappa shape index (κ3) is 4.02. The summed E-state index contributed by atoms with van der Waals surface area (Å²) in [4.78, 5) is 43.6. The summed E-state index contributed by atoms with van der Waals surface area (Å²) in [5, 5.41) is 0. The predicted molar refractivity (Wildman–Crippen MR) is 115 cm³/mol. The normalized spacial score (nSPS) is 23.0. The molecule has 2 aliphatic heterocycles. The zero-order chi connectivity index (χ0) is 23.8. The lowest BCUT2D eigenvalue weighted by molar-refractivity contribution is -0.147. The Morgan fingerprint density at radius 2 is 1.94 bits per heavy atom. The Morgan fingerprint density at radius 1 is 1.21 bits per heavy atom. The van der Waals surface area contributed by atoms with Crippen LogP contribution in [0, 0.1) is 12.2 Å². The Labute approximate surface area is 190 Å². The van der Waals surface area contributed by atoms with Gasteiger partial charge in [0.25, 0.3) is 5.91 Å². The minimum absolute atomic E-state index is 0.00297. The van der Waals surface area contributed by atoms with Gasteiger partial charge in [-0.25, -0.2) is 12.8 Å². The molecule has 2 saturated heterocycles. The molecule has 2 amide bonds. The number of likely N-dealkylation sites (tertiary alicyclic amines) is 1. The van der Waals surface area contributed by atoms with Crippen LogP contribution in [-0.4, -0.2) is 64.9 Å². The van der Waals surface area contributed by atoms with Crippen LogP contribution in [0.1, 0.15) is 17.5 Å². The number of hydrogen-bond acceptors (Lipinski definition) is 6. The van der Waals surface area contributed by atoms with Crippen molar-refractivity contribution in [3.05, 3.63) is 72.2 Å². The van der Waals surface area contributed by atoms with Crippen LogP contribution in [0.25, 0.3) is 0 Å². The lowest BCUT2D eigenvalue weighted by atomic mass is 9.89. The number of fused-ring (bicyclic) bond motifs is 1. The summed E-state index contributed by atoms with van der Waals surface area (Å²) in [6, 6.07) is 7.67. The highest BCUT2D eigenvalue weighted by Gasteiger charge is 2.68. The minimum atomic E-state index is -4.00. The quantitative estimate of drug-likeness (QED) is 0.572. The molecule has 9 nitrogen and oxygen atoms in total. The van der Waals surface area contributed by atoms with Gasteiger partial charge in [0.2, 0.25) is 15.9 Å². The third-order valence-corrected chi connectivity index (χ3v) is 7.90. The van der Waals surface area contributed by atoms with Crippen molar-refractivity contribution >= 4 is 27.6 Å². The fraction of sp³-hybridized carbons (Fsp3) is 0.318. The maximum atomic E-state index is 13.1. The molecule has 33 heavy (non-hydrogen) atoms. The molecule has 173 valence electrons. The fourth-order valence-corrected chi connectivity index (χ4v) is 6.32. The van der Waals surface area contributed by atoms with Crippen molar-refractivity contribution in [3.8, 4) is 0 Å². The topological polar surface area (TPSA) is 131 Å². The molecule has 2 fully saturated rings. The molecule has 2 aliphatic rings. The molecule has 2 aromatic rings. The number of ketones is 1. The van der Waals surface area contributed by atoms with Crippen LogP contribution in [0.15, 0.2) is 48.8 Å². The van der Waals surface area contributed by atoms with E-state index in [1.165, 1.54) is 43.1 Å². The maximum Gasteiger partial charge on any atom is 0.252 e. The number of nitrogens with two attached hydrogens (primary N) is 1. The van der Waals surface area contributed by atoms with Crippen molar-refractivity contribution in [2.75, 3.05) is 13.1 Å². The molecule has 0 bridgehead atoms. The van der Waals surface area contributed by atoms with Crippen LogP contribution in [0.2, 0.25) is 0 Å². The van der Waals surface area contributed by atoms with E-state index in [0.717, 1.165) is 9.21 Å². The van der Waals surface area contributed by atoms with Gasteiger partial charge in [-0.05, 0) is 42.2 Å². The molecule has 0 saturated carbocycles. The molecule has 0 aliphatic carbocycles. The Bertz CT molecular complexity index is 1190. The molecular formula is C22H22FN4O5S. The zero-order valence-corrected chi connectivity index (χ0v) is 18.4. The van der Waals surface area contributed by atoms with Gasteiger partial charge in [-0.2, -0.15) is 4.31 Å². The van der Waals surface area contributed by atoms with Crippen molar-refractivity contribution in [3.63, 3.8) is 0 Å². The summed E-state index contributed by atoms with van der Waals surface area (Å²) < 4.78 is 40.3. The lowest BCUT2D eigenvalue weighted by Gasteiger charge is -2.34. The van der Waals surface area contributed by atoms with Crippen molar-refractivity contribution < 1.29 is 27.2 Å². The summed E-state index contributed by atoms with van der Waals surface area (Å²) in [7, 11) is -4.00. The number of hydrogen-bond donors (Lipinski definition) is 1. The molecule has 2 N–H and O–H groups in total. The second-order valence-electron chi connectivity index (χ2n) is 8.05. The lowest BCUT2D eigenvalue weighted by Crippen LogP contribution is -2.64. The first-order valence-corrected chi connectivity index (χ1v) is 11.9. The number of benzene rings is 1. The Balaban J connectivity index is 1.57. The zero-order valence-electron chi connectivity index (χ0n) is 17.6. The van der Waals surface area contributed by atoms with Crippen LogP contribution in [0.3, 0.4) is 0 Å². The van der Waals surface area contributed by atoms with E-state index in [4.69, 9.17) is 5.73 Å². The van der Waals surface area contributed by atoms with E-state index in [9.17, 15) is 27.2 Å². The fourth-order valence-electron chi connectivity index (χ4n) is 4.60. The Kier molecular flexibility index (Phi) is 6.02. The van der Waals surface area contributed by atoms with Gasteiger partial charge in [0.15, 0.2) is 11.3 Å². The number of sulfonamides is 1. The summed E-state index contributed by atoms with van der Waals surface area (Å²) in [5.74, 6) is -3.21. The van der Waals surface area contributed by atoms with Crippen LogP contribution < -0.4 is 5.73 Å². The Morgan fingerprint density at radius 3 is 2.58 bits per heavy atom. The van der Waals surface area contributed by atoms with E-state index < -0.39 is 57.3 Å². The molecule has 11 heteroatoms. The number of pyridine rings is 1. The van der Waals surface area contributed by atoms with Crippen LogP contribution in [0.4, 0.5) is 4.39 Å². The second kappa shape index (κ2) is 8.64. The van der Waals surface area contributed by atoms with E-state index in [0.29, 0.717) is 11.1 Å². The first kappa shape index (κ1) is 23.0. The van der Waals surface area contributed by atoms with Gasteiger partial charge in [-0.1, -0.05) is 18.2 Å². The number of halogens is 1. The smallest absolute Gasteiger partial charge is 0.252 e. The molecule has 3 heterocycles. The minimum Gasteiger partial charge on any atom is -0.367 e. The van der Waals surface area contributed by atoms with E-state index in [2.05, 4.69) is 4.98 Å². The number of nitrogens with zero attached hydrogens (tertiary/aromatic N) is 3. The van der Waals surface area contributed by atoms with Gasteiger partial charge in [-0.15, -0.1) is 0 Å².